The fourth-order valence-electron chi connectivity index (χ4n) is 0.260. The van der Waals surface area contributed by atoms with Crippen molar-refractivity contribution in [2.45, 2.75) is 4.59 Å². The zero-order chi connectivity index (χ0) is 8.20. The molecular weight excluding hydrogens is 180 g/mol. The summed E-state index contributed by atoms with van der Waals surface area (Å²) in [7, 11) is 0. The van der Waals surface area contributed by atoms with Gasteiger partial charge in [-0.2, -0.15) is 0 Å². The van der Waals surface area contributed by atoms with Crippen LogP contribution < -0.4 is 5.32 Å². The van der Waals surface area contributed by atoms with Gasteiger partial charge in [-0.15, -0.1) is 0 Å². The zero-order valence-electron chi connectivity index (χ0n) is 5.03. The minimum absolute atomic E-state index is 0.443. The van der Waals surface area contributed by atoms with E-state index in [-0.39, 0.29) is 0 Å². The number of carbonyl (C=O) groups excluding carboxylic acids is 1. The lowest BCUT2D eigenvalue weighted by atomic mass is 10.5. The van der Waals surface area contributed by atoms with E-state index in [1.165, 1.54) is 0 Å². The van der Waals surface area contributed by atoms with E-state index in [0.717, 1.165) is 6.08 Å². The standard InChI is InChI=1S/C5H6Cl2FNO/c1-2-4(10)9-3-5(6,7)8/h2H,1,3H2,(H,9,10). The summed E-state index contributed by atoms with van der Waals surface area (Å²) in [5.74, 6) is -0.511. The van der Waals surface area contributed by atoms with E-state index in [9.17, 15) is 9.18 Å². The third-order valence-corrected chi connectivity index (χ3v) is 0.916. The molecule has 0 bridgehead atoms. The molecule has 0 radical (unpaired) electrons. The lowest BCUT2D eigenvalue weighted by molar-refractivity contribution is -0.116. The minimum atomic E-state index is -2.40. The van der Waals surface area contributed by atoms with Crippen molar-refractivity contribution in [2.24, 2.45) is 0 Å². The Balaban J connectivity index is 3.55. The highest BCUT2D eigenvalue weighted by Gasteiger charge is 2.21. The van der Waals surface area contributed by atoms with Crippen LogP contribution in [0, 0.1) is 0 Å². The van der Waals surface area contributed by atoms with E-state index in [1.54, 1.807) is 0 Å². The monoisotopic (exact) mass is 185 g/mol. The molecule has 0 spiro atoms. The minimum Gasteiger partial charge on any atom is -0.347 e. The van der Waals surface area contributed by atoms with Gasteiger partial charge in [0.25, 0.3) is 4.59 Å². The molecule has 0 saturated carbocycles. The largest absolute Gasteiger partial charge is 0.347 e. The van der Waals surface area contributed by atoms with Gasteiger partial charge in [0.15, 0.2) is 0 Å². The second-order valence-corrected chi connectivity index (χ2v) is 2.93. The first kappa shape index (κ1) is 9.72. The van der Waals surface area contributed by atoms with Gasteiger partial charge in [0.2, 0.25) is 5.91 Å². The lowest BCUT2D eigenvalue weighted by Gasteiger charge is -2.08. The van der Waals surface area contributed by atoms with Gasteiger partial charge >= 0.3 is 0 Å². The van der Waals surface area contributed by atoms with Crippen molar-refractivity contribution in [1.82, 2.24) is 5.32 Å². The molecule has 0 aliphatic rings. The maximum Gasteiger partial charge on any atom is 0.274 e. The van der Waals surface area contributed by atoms with E-state index < -0.39 is 17.0 Å². The van der Waals surface area contributed by atoms with E-state index >= 15 is 0 Å². The van der Waals surface area contributed by atoms with Crippen LogP contribution in [0.1, 0.15) is 0 Å². The molecule has 1 amide bonds. The Labute approximate surface area is 68.0 Å². The maximum atomic E-state index is 12.2. The van der Waals surface area contributed by atoms with E-state index in [4.69, 9.17) is 23.2 Å². The summed E-state index contributed by atoms with van der Waals surface area (Å²) in [6.07, 6.45) is 1.000. The van der Waals surface area contributed by atoms with Crippen LogP contribution in [0.2, 0.25) is 0 Å². The van der Waals surface area contributed by atoms with Crippen molar-refractivity contribution < 1.29 is 9.18 Å². The van der Waals surface area contributed by atoms with Crippen molar-refractivity contribution in [1.29, 1.82) is 0 Å². The van der Waals surface area contributed by atoms with Crippen molar-refractivity contribution in [3.8, 4) is 0 Å². The van der Waals surface area contributed by atoms with Gasteiger partial charge in [-0.1, -0.05) is 29.8 Å². The topological polar surface area (TPSA) is 29.1 Å². The maximum absolute atomic E-state index is 12.2. The number of rotatable bonds is 3. The molecule has 0 fully saturated rings. The molecular formula is C5H6Cl2FNO. The highest BCUT2D eigenvalue weighted by Crippen LogP contribution is 2.20. The Bertz CT molecular complexity index is 143. The van der Waals surface area contributed by atoms with Gasteiger partial charge in [-0.05, 0) is 6.08 Å². The summed E-state index contributed by atoms with van der Waals surface area (Å²) < 4.78 is 9.76. The number of carbonyl (C=O) groups is 1. The van der Waals surface area contributed by atoms with Crippen molar-refractivity contribution in [3.05, 3.63) is 12.7 Å². The first-order valence-corrected chi connectivity index (χ1v) is 3.18. The Morgan fingerprint density at radius 2 is 2.30 bits per heavy atom. The Hall–Kier alpha value is -0.280. The van der Waals surface area contributed by atoms with Crippen LogP contribution >= 0.6 is 23.2 Å². The zero-order valence-corrected chi connectivity index (χ0v) is 6.55. The SMILES string of the molecule is C=CC(=O)NCC(F)(Cl)Cl. The molecule has 0 heterocycles. The first-order valence-electron chi connectivity index (χ1n) is 2.43. The van der Waals surface area contributed by atoms with Gasteiger partial charge in [-0.25, -0.2) is 4.39 Å². The molecule has 0 rings (SSSR count). The molecule has 10 heavy (non-hydrogen) atoms. The van der Waals surface area contributed by atoms with Crippen LogP contribution in [0.4, 0.5) is 4.39 Å². The average molecular weight is 186 g/mol. The molecule has 0 unspecified atom stereocenters. The Morgan fingerprint density at radius 3 is 2.60 bits per heavy atom. The summed E-state index contributed by atoms with van der Waals surface area (Å²) in [4.78, 5) is 10.3. The summed E-state index contributed by atoms with van der Waals surface area (Å²) in [5.41, 5.74) is 0. The molecule has 2 nitrogen and oxygen atoms in total. The molecule has 0 aromatic rings. The molecule has 0 saturated heterocycles. The Kier molecular flexibility index (Phi) is 3.68. The fourth-order valence-corrected chi connectivity index (χ4v) is 0.393. The predicted octanol–water partition coefficient (Wildman–Crippen LogP) is 1.39. The number of hydrogen-bond donors (Lipinski definition) is 1. The normalized spacial score (nSPS) is 10.7. The van der Waals surface area contributed by atoms with Crippen LogP contribution in [0.15, 0.2) is 12.7 Å². The molecule has 0 aromatic heterocycles. The quantitative estimate of drug-likeness (QED) is 0.523. The number of amides is 1. The van der Waals surface area contributed by atoms with Gasteiger partial charge in [-0.3, -0.25) is 4.79 Å². The molecule has 0 aliphatic carbocycles. The lowest BCUT2D eigenvalue weighted by Crippen LogP contribution is -2.31. The molecule has 5 heteroatoms. The van der Waals surface area contributed by atoms with E-state index in [2.05, 4.69) is 11.9 Å². The molecule has 0 aromatic carbocycles. The van der Waals surface area contributed by atoms with Gasteiger partial charge < -0.3 is 5.32 Å². The van der Waals surface area contributed by atoms with Crippen LogP contribution in [0.5, 0.6) is 0 Å². The molecule has 58 valence electrons. The Morgan fingerprint density at radius 1 is 1.80 bits per heavy atom. The van der Waals surface area contributed by atoms with Crippen LogP contribution in [0.3, 0.4) is 0 Å². The van der Waals surface area contributed by atoms with E-state index in [1.807, 2.05) is 0 Å². The van der Waals surface area contributed by atoms with Crippen molar-refractivity contribution in [3.63, 3.8) is 0 Å². The van der Waals surface area contributed by atoms with Crippen molar-refractivity contribution >= 4 is 29.1 Å². The highest BCUT2D eigenvalue weighted by molar-refractivity contribution is 6.47. The third kappa shape index (κ3) is 5.85. The number of hydrogen-bond acceptors (Lipinski definition) is 1. The van der Waals surface area contributed by atoms with Gasteiger partial charge in [0.1, 0.15) is 0 Å². The second-order valence-electron chi connectivity index (χ2n) is 1.54. The molecule has 0 aliphatic heterocycles. The van der Waals surface area contributed by atoms with Crippen LogP contribution in [-0.2, 0) is 4.79 Å². The number of alkyl halides is 3. The summed E-state index contributed by atoms with van der Waals surface area (Å²) in [6.45, 7) is 2.70. The highest BCUT2D eigenvalue weighted by atomic mass is 35.5. The number of nitrogens with one attached hydrogen (secondary N) is 1. The summed E-state index contributed by atoms with van der Waals surface area (Å²) in [5, 5.41) is 2.08. The second kappa shape index (κ2) is 3.78. The van der Waals surface area contributed by atoms with Gasteiger partial charge in [0.05, 0.1) is 6.54 Å². The average Bonchev–Trinajstić information content (AvgIpc) is 1.81. The van der Waals surface area contributed by atoms with Gasteiger partial charge in [0, 0.05) is 0 Å². The molecule has 1 N–H and O–H groups in total. The third-order valence-electron chi connectivity index (χ3n) is 0.648. The smallest absolute Gasteiger partial charge is 0.274 e. The van der Waals surface area contributed by atoms with Crippen LogP contribution in [0.25, 0.3) is 0 Å². The summed E-state index contributed by atoms with van der Waals surface area (Å²) in [6, 6.07) is 0. The van der Waals surface area contributed by atoms with Crippen molar-refractivity contribution in [2.75, 3.05) is 6.54 Å². The number of halogens is 3. The summed E-state index contributed by atoms with van der Waals surface area (Å²) >= 11 is 9.77. The molecule has 0 atom stereocenters. The fraction of sp³-hybridized carbons (Fsp3) is 0.400. The first-order chi connectivity index (χ1) is 4.45. The predicted molar refractivity (Wildman–Crippen MR) is 38.8 cm³/mol. The van der Waals surface area contributed by atoms with Crippen LogP contribution in [-0.4, -0.2) is 17.0 Å². The van der Waals surface area contributed by atoms with E-state index in [0.29, 0.717) is 0 Å².